The standard InChI is InChI=1S/C17H14O2/c1-8-4-11-7-12-6-9(2)10(3)16-15(12)14(11)13(5-8)17(18)19-16/h4-6H,7H2,1-3H3. The molecule has 0 fully saturated rings. The van der Waals surface area contributed by atoms with E-state index in [4.69, 9.17) is 4.42 Å². The SMILES string of the molecule is Cc1cc2c3c(c1)c(=O)oc1c(C)c(C)cc(c13)C2. The van der Waals surface area contributed by atoms with Gasteiger partial charge in [0.05, 0.1) is 5.39 Å². The zero-order valence-electron chi connectivity index (χ0n) is 11.3. The second kappa shape index (κ2) is 3.27. The molecule has 0 unspecified atom stereocenters. The first kappa shape index (κ1) is 10.8. The Morgan fingerprint density at radius 1 is 1.00 bits per heavy atom. The van der Waals surface area contributed by atoms with Crippen molar-refractivity contribution in [1.82, 2.24) is 0 Å². The highest BCUT2D eigenvalue weighted by Crippen LogP contribution is 2.39. The second-order valence-corrected chi connectivity index (χ2v) is 5.59. The molecule has 2 heteroatoms. The summed E-state index contributed by atoms with van der Waals surface area (Å²) in [5, 5.41) is 2.98. The van der Waals surface area contributed by atoms with Crippen LogP contribution in [0.5, 0.6) is 0 Å². The summed E-state index contributed by atoms with van der Waals surface area (Å²) in [5.41, 5.74) is 6.49. The predicted molar refractivity (Wildman–Crippen MR) is 77.0 cm³/mol. The van der Waals surface area contributed by atoms with Gasteiger partial charge in [0.25, 0.3) is 0 Å². The highest BCUT2D eigenvalue weighted by atomic mass is 16.4. The molecule has 0 atom stereocenters. The zero-order valence-corrected chi connectivity index (χ0v) is 11.3. The highest BCUT2D eigenvalue weighted by molar-refractivity contribution is 6.11. The molecule has 0 aliphatic heterocycles. The predicted octanol–water partition coefficient (Wildman–Crippen LogP) is 3.78. The van der Waals surface area contributed by atoms with Gasteiger partial charge in [-0.15, -0.1) is 0 Å². The Balaban J connectivity index is 2.40. The van der Waals surface area contributed by atoms with Crippen molar-refractivity contribution in [3.8, 4) is 0 Å². The molecular weight excluding hydrogens is 236 g/mol. The van der Waals surface area contributed by atoms with Gasteiger partial charge < -0.3 is 4.42 Å². The smallest absolute Gasteiger partial charge is 0.344 e. The highest BCUT2D eigenvalue weighted by Gasteiger charge is 2.22. The molecule has 2 aromatic carbocycles. The van der Waals surface area contributed by atoms with Gasteiger partial charge in [-0.25, -0.2) is 4.79 Å². The fourth-order valence-electron chi connectivity index (χ4n) is 3.31. The maximum Gasteiger partial charge on any atom is 0.344 e. The van der Waals surface area contributed by atoms with Crippen molar-refractivity contribution < 1.29 is 4.42 Å². The van der Waals surface area contributed by atoms with Gasteiger partial charge in [-0.05, 0) is 61.1 Å². The largest absolute Gasteiger partial charge is 0.422 e. The fraction of sp³-hybridized carbons (Fsp3) is 0.235. The van der Waals surface area contributed by atoms with Crippen molar-refractivity contribution in [1.29, 1.82) is 0 Å². The van der Waals surface area contributed by atoms with E-state index in [9.17, 15) is 4.79 Å². The monoisotopic (exact) mass is 250 g/mol. The first-order valence-corrected chi connectivity index (χ1v) is 6.55. The molecule has 1 aliphatic carbocycles. The average molecular weight is 250 g/mol. The normalized spacial score (nSPS) is 13.0. The van der Waals surface area contributed by atoms with Crippen molar-refractivity contribution in [3.63, 3.8) is 0 Å². The van der Waals surface area contributed by atoms with Crippen molar-refractivity contribution in [3.05, 3.63) is 56.4 Å². The second-order valence-electron chi connectivity index (χ2n) is 5.59. The van der Waals surface area contributed by atoms with Crippen molar-refractivity contribution in [2.75, 3.05) is 0 Å². The van der Waals surface area contributed by atoms with Crippen LogP contribution in [0, 0.1) is 20.8 Å². The summed E-state index contributed by atoms with van der Waals surface area (Å²) in [5.74, 6) is 0. The lowest BCUT2D eigenvalue weighted by atomic mass is 10.0. The molecule has 19 heavy (non-hydrogen) atoms. The fourth-order valence-corrected chi connectivity index (χ4v) is 3.31. The van der Waals surface area contributed by atoms with Crippen LogP contribution < -0.4 is 5.63 Å². The van der Waals surface area contributed by atoms with Crippen molar-refractivity contribution in [2.45, 2.75) is 27.2 Å². The topological polar surface area (TPSA) is 30.2 Å². The average Bonchev–Trinajstić information content (AvgIpc) is 2.70. The molecule has 4 rings (SSSR count). The van der Waals surface area contributed by atoms with Crippen LogP contribution in [0.4, 0.5) is 0 Å². The molecule has 0 spiro atoms. The molecule has 3 aromatic rings. The summed E-state index contributed by atoms with van der Waals surface area (Å²) in [4.78, 5) is 12.2. The van der Waals surface area contributed by atoms with Gasteiger partial charge in [0.1, 0.15) is 5.58 Å². The number of hydrogen-bond acceptors (Lipinski definition) is 2. The van der Waals surface area contributed by atoms with Gasteiger partial charge in [0.15, 0.2) is 0 Å². The molecule has 1 aliphatic rings. The first-order valence-electron chi connectivity index (χ1n) is 6.55. The number of aryl methyl sites for hydroxylation is 3. The zero-order chi connectivity index (χ0) is 13.3. The Hall–Kier alpha value is -2.09. The Bertz CT molecular complexity index is 930. The van der Waals surface area contributed by atoms with Gasteiger partial charge in [0, 0.05) is 10.8 Å². The number of rotatable bonds is 0. The molecule has 2 nitrogen and oxygen atoms in total. The number of benzene rings is 2. The molecule has 1 aromatic heterocycles. The van der Waals surface area contributed by atoms with E-state index in [1.807, 2.05) is 19.9 Å². The van der Waals surface area contributed by atoms with Crippen LogP contribution in [0.2, 0.25) is 0 Å². The van der Waals surface area contributed by atoms with E-state index in [0.717, 1.165) is 39.3 Å². The van der Waals surface area contributed by atoms with Gasteiger partial charge in [-0.3, -0.25) is 0 Å². The molecule has 0 saturated carbocycles. The van der Waals surface area contributed by atoms with Crippen LogP contribution in [-0.2, 0) is 6.42 Å². The molecule has 0 radical (unpaired) electrons. The maximum atomic E-state index is 12.2. The van der Waals surface area contributed by atoms with Crippen LogP contribution in [-0.4, -0.2) is 0 Å². The van der Waals surface area contributed by atoms with E-state index in [1.54, 1.807) is 0 Å². The van der Waals surface area contributed by atoms with E-state index in [0.29, 0.717) is 0 Å². The summed E-state index contributed by atoms with van der Waals surface area (Å²) >= 11 is 0. The number of hydrogen-bond donors (Lipinski definition) is 0. The van der Waals surface area contributed by atoms with E-state index >= 15 is 0 Å². The minimum absolute atomic E-state index is 0.214. The van der Waals surface area contributed by atoms with E-state index in [-0.39, 0.29) is 5.63 Å². The molecule has 0 amide bonds. The van der Waals surface area contributed by atoms with E-state index in [1.165, 1.54) is 16.7 Å². The minimum atomic E-state index is -0.214. The lowest BCUT2D eigenvalue weighted by Crippen LogP contribution is -2.01. The molecule has 0 bridgehead atoms. The lowest BCUT2D eigenvalue weighted by molar-refractivity contribution is 0.567. The van der Waals surface area contributed by atoms with Crippen LogP contribution >= 0.6 is 0 Å². The third-order valence-corrected chi connectivity index (χ3v) is 4.28. The molecule has 0 N–H and O–H groups in total. The van der Waals surface area contributed by atoms with Gasteiger partial charge in [0.2, 0.25) is 0 Å². The van der Waals surface area contributed by atoms with Crippen LogP contribution in [0.15, 0.2) is 27.4 Å². The molecule has 1 heterocycles. The molecule has 0 saturated heterocycles. The summed E-state index contributed by atoms with van der Waals surface area (Å²) in [6.45, 7) is 6.12. The summed E-state index contributed by atoms with van der Waals surface area (Å²) in [7, 11) is 0. The molecular formula is C17H14O2. The third-order valence-electron chi connectivity index (χ3n) is 4.28. The minimum Gasteiger partial charge on any atom is -0.422 e. The summed E-state index contributed by atoms with van der Waals surface area (Å²) < 4.78 is 5.60. The molecule has 94 valence electrons. The van der Waals surface area contributed by atoms with Crippen LogP contribution in [0.1, 0.15) is 27.8 Å². The van der Waals surface area contributed by atoms with Crippen molar-refractivity contribution >= 4 is 21.7 Å². The van der Waals surface area contributed by atoms with Gasteiger partial charge >= 0.3 is 5.63 Å². The van der Waals surface area contributed by atoms with Gasteiger partial charge in [-0.1, -0.05) is 12.1 Å². The Kier molecular flexibility index (Phi) is 1.86. The maximum absolute atomic E-state index is 12.2. The Morgan fingerprint density at radius 3 is 2.53 bits per heavy atom. The Morgan fingerprint density at radius 2 is 1.74 bits per heavy atom. The first-order chi connectivity index (χ1) is 9.06. The van der Waals surface area contributed by atoms with E-state index < -0.39 is 0 Å². The quantitative estimate of drug-likeness (QED) is 0.351. The summed E-state index contributed by atoms with van der Waals surface area (Å²) in [6.07, 6.45) is 0.907. The van der Waals surface area contributed by atoms with E-state index in [2.05, 4.69) is 19.1 Å². The summed E-state index contributed by atoms with van der Waals surface area (Å²) in [6, 6.07) is 6.35. The van der Waals surface area contributed by atoms with Crippen molar-refractivity contribution in [2.24, 2.45) is 0 Å². The van der Waals surface area contributed by atoms with Gasteiger partial charge in [-0.2, -0.15) is 0 Å². The Labute approximate surface area is 110 Å². The van der Waals surface area contributed by atoms with Crippen LogP contribution in [0.25, 0.3) is 21.7 Å². The van der Waals surface area contributed by atoms with Crippen LogP contribution in [0.3, 0.4) is 0 Å². The lowest BCUT2D eigenvalue weighted by Gasteiger charge is -2.07. The third kappa shape index (κ3) is 1.24.